The summed E-state index contributed by atoms with van der Waals surface area (Å²) < 4.78 is 0. The Kier molecular flexibility index (Phi) is 5.87. The average molecular weight is 299 g/mol. The Labute approximate surface area is 123 Å². The second-order valence-corrected chi connectivity index (χ2v) is 6.36. The Morgan fingerprint density at radius 3 is 2.58 bits per heavy atom. The van der Waals surface area contributed by atoms with Crippen LogP contribution < -0.4 is 11.1 Å². The van der Waals surface area contributed by atoms with Gasteiger partial charge in [-0.3, -0.25) is 4.79 Å². The lowest BCUT2D eigenvalue weighted by atomic mass is 10.0. The minimum atomic E-state index is -0.378. The molecule has 19 heavy (non-hydrogen) atoms. The third kappa shape index (κ3) is 4.24. The van der Waals surface area contributed by atoms with Crippen LogP contribution in [0.25, 0.3) is 0 Å². The van der Waals surface area contributed by atoms with E-state index in [1.54, 1.807) is 11.3 Å². The van der Waals surface area contributed by atoms with Gasteiger partial charge >= 0.3 is 0 Å². The second kappa shape index (κ2) is 6.96. The van der Waals surface area contributed by atoms with Gasteiger partial charge in [-0.2, -0.15) is 0 Å². The molecule has 0 aliphatic carbocycles. The van der Waals surface area contributed by atoms with Gasteiger partial charge in [0.05, 0.1) is 27.6 Å². The molecular formula is C13H21N3OS2. The van der Waals surface area contributed by atoms with Gasteiger partial charge in [0.1, 0.15) is 0 Å². The molecule has 3 N–H and O–H groups in total. The zero-order chi connectivity index (χ0) is 14.6. The van der Waals surface area contributed by atoms with E-state index in [4.69, 9.17) is 18.0 Å². The number of aryl methyl sites for hydroxylation is 2. The molecule has 106 valence electrons. The number of nitrogens with two attached hydrogens (primary N) is 1. The Hall–Kier alpha value is -1.01. The van der Waals surface area contributed by atoms with Gasteiger partial charge in [0, 0.05) is 4.88 Å². The van der Waals surface area contributed by atoms with Crippen LogP contribution in [0.4, 0.5) is 0 Å². The highest BCUT2D eigenvalue weighted by Crippen LogP contribution is 2.24. The molecule has 2 unspecified atom stereocenters. The molecule has 1 heterocycles. The van der Waals surface area contributed by atoms with Crippen molar-refractivity contribution in [2.75, 3.05) is 0 Å². The molecule has 0 spiro atoms. The largest absolute Gasteiger partial charge is 0.393 e. The molecule has 0 aliphatic heterocycles. The Balaban J connectivity index is 2.75. The Morgan fingerprint density at radius 2 is 2.16 bits per heavy atom. The van der Waals surface area contributed by atoms with Crippen molar-refractivity contribution in [1.29, 1.82) is 0 Å². The van der Waals surface area contributed by atoms with Gasteiger partial charge in [-0.15, -0.1) is 11.3 Å². The first-order valence-electron chi connectivity index (χ1n) is 6.40. The maximum Gasteiger partial charge on any atom is 0.230 e. The van der Waals surface area contributed by atoms with Crippen LogP contribution >= 0.6 is 23.6 Å². The lowest BCUT2D eigenvalue weighted by Gasteiger charge is -2.18. The van der Waals surface area contributed by atoms with Crippen LogP contribution in [-0.4, -0.2) is 15.9 Å². The summed E-state index contributed by atoms with van der Waals surface area (Å²) >= 11 is 6.57. The molecule has 0 aromatic carbocycles. The van der Waals surface area contributed by atoms with E-state index in [-0.39, 0.29) is 22.9 Å². The Morgan fingerprint density at radius 1 is 1.53 bits per heavy atom. The molecule has 6 heteroatoms. The average Bonchev–Trinajstić information content (AvgIpc) is 2.64. The number of aromatic nitrogens is 1. The van der Waals surface area contributed by atoms with E-state index in [0.29, 0.717) is 6.42 Å². The third-order valence-electron chi connectivity index (χ3n) is 2.93. The summed E-state index contributed by atoms with van der Waals surface area (Å²) in [5, 5.41) is 3.99. The highest BCUT2D eigenvalue weighted by molar-refractivity contribution is 7.80. The van der Waals surface area contributed by atoms with E-state index < -0.39 is 0 Å². The fourth-order valence-electron chi connectivity index (χ4n) is 2.02. The fraction of sp³-hybridized carbons (Fsp3) is 0.615. The van der Waals surface area contributed by atoms with E-state index in [2.05, 4.69) is 10.3 Å². The van der Waals surface area contributed by atoms with Crippen LogP contribution in [0.15, 0.2) is 0 Å². The summed E-state index contributed by atoms with van der Waals surface area (Å²) in [5.41, 5.74) is 6.60. The first-order chi connectivity index (χ1) is 8.86. The molecule has 0 aliphatic rings. The summed E-state index contributed by atoms with van der Waals surface area (Å²) in [6.07, 6.45) is 1.57. The molecule has 1 aromatic rings. The van der Waals surface area contributed by atoms with Gasteiger partial charge in [0.25, 0.3) is 0 Å². The van der Waals surface area contributed by atoms with Crippen molar-refractivity contribution in [2.24, 2.45) is 11.7 Å². The molecule has 0 fully saturated rings. The predicted octanol–water partition coefficient (Wildman–Crippen LogP) is 2.64. The number of thiocarbonyl (C=S) groups is 1. The summed E-state index contributed by atoms with van der Waals surface area (Å²) in [7, 11) is 0. The van der Waals surface area contributed by atoms with Crippen LogP contribution in [0.3, 0.4) is 0 Å². The molecule has 0 radical (unpaired) electrons. The molecule has 2 atom stereocenters. The lowest BCUT2D eigenvalue weighted by molar-refractivity contribution is -0.123. The maximum atomic E-state index is 12.2. The third-order valence-corrected chi connectivity index (χ3v) is 4.47. The van der Waals surface area contributed by atoms with E-state index in [9.17, 15) is 4.79 Å². The van der Waals surface area contributed by atoms with Crippen molar-refractivity contribution in [3.05, 3.63) is 15.6 Å². The topological polar surface area (TPSA) is 68.0 Å². The second-order valence-electron chi connectivity index (χ2n) is 4.66. The zero-order valence-electron chi connectivity index (χ0n) is 11.8. The minimum absolute atomic E-state index is 0.0626. The first kappa shape index (κ1) is 16.0. The SMILES string of the molecule is CCCC(C(=O)NC(C)c1sc(C)nc1C)C(N)=S. The highest BCUT2D eigenvalue weighted by Gasteiger charge is 2.23. The van der Waals surface area contributed by atoms with Crippen molar-refractivity contribution >= 4 is 34.5 Å². The quantitative estimate of drug-likeness (QED) is 0.792. The van der Waals surface area contributed by atoms with Crippen LogP contribution in [0.2, 0.25) is 0 Å². The first-order valence-corrected chi connectivity index (χ1v) is 7.62. The van der Waals surface area contributed by atoms with Crippen molar-refractivity contribution in [3.8, 4) is 0 Å². The normalized spacial score (nSPS) is 13.9. The molecule has 0 saturated carbocycles. The molecule has 1 amide bonds. The van der Waals surface area contributed by atoms with Gasteiger partial charge in [-0.25, -0.2) is 4.98 Å². The Bertz CT molecular complexity index is 470. The smallest absolute Gasteiger partial charge is 0.230 e. The number of rotatable bonds is 6. The molecule has 1 aromatic heterocycles. The summed E-state index contributed by atoms with van der Waals surface area (Å²) in [5.74, 6) is -0.468. The number of nitrogens with one attached hydrogen (secondary N) is 1. The number of thiazole rings is 1. The monoisotopic (exact) mass is 299 g/mol. The van der Waals surface area contributed by atoms with Crippen LogP contribution in [-0.2, 0) is 4.79 Å². The van der Waals surface area contributed by atoms with Crippen LogP contribution in [0.1, 0.15) is 48.3 Å². The summed E-state index contributed by atoms with van der Waals surface area (Å²) in [6.45, 7) is 7.89. The molecule has 4 nitrogen and oxygen atoms in total. The van der Waals surface area contributed by atoms with Gasteiger partial charge in [-0.05, 0) is 27.2 Å². The zero-order valence-corrected chi connectivity index (χ0v) is 13.5. The maximum absolute atomic E-state index is 12.2. The van der Waals surface area contributed by atoms with Crippen LogP contribution in [0.5, 0.6) is 0 Å². The molecular weight excluding hydrogens is 278 g/mol. The van der Waals surface area contributed by atoms with Crippen LogP contribution in [0, 0.1) is 19.8 Å². The number of carbonyl (C=O) groups excluding carboxylic acids is 1. The standard InChI is InChI=1S/C13H21N3OS2/c1-5-6-10(12(14)18)13(17)16-8(3)11-7(2)15-9(4)19-11/h8,10H,5-6H2,1-4H3,(H2,14,18)(H,16,17). The molecule has 0 bridgehead atoms. The lowest BCUT2D eigenvalue weighted by Crippen LogP contribution is -2.38. The van der Waals surface area contributed by atoms with Gasteiger partial charge < -0.3 is 11.1 Å². The van der Waals surface area contributed by atoms with Crippen molar-refractivity contribution < 1.29 is 4.79 Å². The van der Waals surface area contributed by atoms with Crippen molar-refractivity contribution in [3.63, 3.8) is 0 Å². The number of carbonyl (C=O) groups is 1. The van der Waals surface area contributed by atoms with Gasteiger partial charge in [0.2, 0.25) is 5.91 Å². The number of nitrogens with zero attached hydrogens (tertiary/aromatic N) is 1. The van der Waals surface area contributed by atoms with Gasteiger partial charge in [-0.1, -0.05) is 25.6 Å². The number of hydrogen-bond donors (Lipinski definition) is 2. The number of hydrogen-bond acceptors (Lipinski definition) is 4. The molecule has 1 rings (SSSR count). The van der Waals surface area contributed by atoms with Crippen molar-refractivity contribution in [1.82, 2.24) is 10.3 Å². The summed E-state index contributed by atoms with van der Waals surface area (Å²) in [6, 6.07) is -0.0626. The molecule has 0 saturated heterocycles. The summed E-state index contributed by atoms with van der Waals surface area (Å²) in [4.78, 5) is 17.9. The van der Waals surface area contributed by atoms with E-state index in [0.717, 1.165) is 22.0 Å². The van der Waals surface area contributed by atoms with Gasteiger partial charge in [0.15, 0.2) is 0 Å². The highest BCUT2D eigenvalue weighted by atomic mass is 32.1. The predicted molar refractivity (Wildman–Crippen MR) is 83.3 cm³/mol. The van der Waals surface area contributed by atoms with E-state index in [1.165, 1.54) is 0 Å². The van der Waals surface area contributed by atoms with E-state index in [1.807, 2.05) is 27.7 Å². The van der Waals surface area contributed by atoms with E-state index >= 15 is 0 Å². The number of amides is 1. The minimum Gasteiger partial charge on any atom is -0.393 e. The fourth-order valence-corrected chi connectivity index (χ4v) is 3.17. The van der Waals surface area contributed by atoms with Crippen molar-refractivity contribution in [2.45, 2.75) is 46.6 Å².